The number of hydrogen-bond acceptors (Lipinski definition) is 5. The quantitative estimate of drug-likeness (QED) is 0.329. The normalized spacial score (nSPS) is 11.3. The Balaban J connectivity index is 1.92. The lowest BCUT2D eigenvalue weighted by Crippen LogP contribution is -1.95. The van der Waals surface area contributed by atoms with Gasteiger partial charge in [0, 0.05) is 5.56 Å². The van der Waals surface area contributed by atoms with Gasteiger partial charge in [0.15, 0.2) is 23.0 Å². The lowest BCUT2D eigenvalue weighted by Gasteiger charge is -2.15. The van der Waals surface area contributed by atoms with E-state index in [0.717, 1.165) is 49.5 Å². The van der Waals surface area contributed by atoms with Gasteiger partial charge in [-0.05, 0) is 82.9 Å². The number of ether oxygens (including phenoxy) is 4. The van der Waals surface area contributed by atoms with Crippen LogP contribution in [-0.4, -0.2) is 38.4 Å². The van der Waals surface area contributed by atoms with Crippen molar-refractivity contribution in [1.29, 1.82) is 0 Å². The summed E-state index contributed by atoms with van der Waals surface area (Å²) in [6, 6.07) is 14.4. The molecule has 5 rings (SSSR count). The van der Waals surface area contributed by atoms with Crippen molar-refractivity contribution in [1.82, 2.24) is 9.97 Å². The summed E-state index contributed by atoms with van der Waals surface area (Å²) in [5, 5.41) is 4.04. The van der Waals surface area contributed by atoms with Gasteiger partial charge in [-0.15, -0.1) is 0 Å². The molecule has 0 fully saturated rings. The average molecular weight is 443 g/mol. The van der Waals surface area contributed by atoms with E-state index >= 15 is 0 Å². The molecule has 1 heterocycles. The zero-order valence-electron chi connectivity index (χ0n) is 19.6. The van der Waals surface area contributed by atoms with E-state index in [9.17, 15) is 0 Å². The third-order valence-corrected chi connectivity index (χ3v) is 6.14. The van der Waals surface area contributed by atoms with E-state index in [-0.39, 0.29) is 0 Å². The largest absolute Gasteiger partial charge is 0.493 e. The predicted octanol–water partition coefficient (Wildman–Crippen LogP) is 6.19. The molecule has 0 aliphatic heterocycles. The Morgan fingerprint density at radius 1 is 0.636 bits per heavy atom. The van der Waals surface area contributed by atoms with E-state index in [2.05, 4.69) is 37.0 Å². The highest BCUT2D eigenvalue weighted by atomic mass is 16.5. The van der Waals surface area contributed by atoms with Crippen molar-refractivity contribution in [2.24, 2.45) is 0 Å². The van der Waals surface area contributed by atoms with Crippen LogP contribution in [0.5, 0.6) is 23.0 Å². The molecule has 33 heavy (non-hydrogen) atoms. The molecule has 1 N–H and O–H groups in total. The summed E-state index contributed by atoms with van der Waals surface area (Å²) in [6.45, 7) is 4.18. The summed E-state index contributed by atoms with van der Waals surface area (Å²) in [6.07, 6.45) is 0. The standard InChI is InChI=1S/C27H26N2O4/c1-14-7-15(2)26-21(8-14)28-27(29-26)20-9-16-10-22(30-3)23(31-4)11-17(16)18-12-24(32-5)25(33-6)13-19(18)20/h7-13H,1-6H3,(H,28,29). The van der Waals surface area contributed by atoms with Crippen molar-refractivity contribution in [2.45, 2.75) is 13.8 Å². The molecule has 0 unspecified atom stereocenters. The summed E-state index contributed by atoms with van der Waals surface area (Å²) >= 11 is 0. The Morgan fingerprint density at radius 3 is 1.85 bits per heavy atom. The molecule has 0 aliphatic rings. The number of rotatable bonds is 5. The highest BCUT2D eigenvalue weighted by molar-refractivity contribution is 6.15. The van der Waals surface area contributed by atoms with Crippen molar-refractivity contribution < 1.29 is 18.9 Å². The van der Waals surface area contributed by atoms with E-state index < -0.39 is 0 Å². The molecule has 0 saturated carbocycles. The summed E-state index contributed by atoms with van der Waals surface area (Å²) in [4.78, 5) is 8.50. The van der Waals surface area contributed by atoms with Gasteiger partial charge >= 0.3 is 0 Å². The van der Waals surface area contributed by atoms with E-state index in [1.165, 1.54) is 5.56 Å². The SMILES string of the molecule is COc1cc2cc(-c3nc4c(C)cc(C)cc4[nH]3)c3cc(OC)c(OC)cc3c2cc1OC. The number of nitrogens with zero attached hydrogens (tertiary/aromatic N) is 1. The first kappa shape index (κ1) is 20.9. The van der Waals surface area contributed by atoms with Crippen LogP contribution in [0.2, 0.25) is 0 Å². The van der Waals surface area contributed by atoms with E-state index in [1.807, 2.05) is 24.3 Å². The smallest absolute Gasteiger partial charge is 0.161 e. The molecule has 4 aromatic carbocycles. The second-order valence-electron chi connectivity index (χ2n) is 8.17. The summed E-state index contributed by atoms with van der Waals surface area (Å²) in [7, 11) is 6.57. The first-order chi connectivity index (χ1) is 16.0. The van der Waals surface area contributed by atoms with Gasteiger partial charge in [0.05, 0.1) is 39.5 Å². The lowest BCUT2D eigenvalue weighted by molar-refractivity contribution is 0.355. The zero-order chi connectivity index (χ0) is 23.3. The molecule has 168 valence electrons. The Labute approximate surface area is 192 Å². The van der Waals surface area contributed by atoms with Crippen molar-refractivity contribution in [3.63, 3.8) is 0 Å². The highest BCUT2D eigenvalue weighted by Crippen LogP contribution is 2.43. The fourth-order valence-electron chi connectivity index (χ4n) is 4.60. The molecular formula is C27H26N2O4. The maximum atomic E-state index is 5.62. The Hall–Kier alpha value is -3.93. The second-order valence-corrected chi connectivity index (χ2v) is 8.17. The van der Waals surface area contributed by atoms with Gasteiger partial charge in [-0.2, -0.15) is 0 Å². The molecule has 0 spiro atoms. The maximum Gasteiger partial charge on any atom is 0.161 e. The summed E-state index contributed by atoms with van der Waals surface area (Å²) in [5.41, 5.74) is 5.30. The number of aromatic nitrogens is 2. The van der Waals surface area contributed by atoms with E-state index in [1.54, 1.807) is 28.4 Å². The number of hydrogen-bond donors (Lipinski definition) is 1. The zero-order valence-corrected chi connectivity index (χ0v) is 19.6. The topological polar surface area (TPSA) is 65.6 Å². The van der Waals surface area contributed by atoms with Crippen LogP contribution in [-0.2, 0) is 0 Å². The van der Waals surface area contributed by atoms with Gasteiger partial charge in [-0.3, -0.25) is 0 Å². The van der Waals surface area contributed by atoms with Gasteiger partial charge in [-0.25, -0.2) is 4.98 Å². The molecule has 5 aromatic rings. The molecular weight excluding hydrogens is 416 g/mol. The fraction of sp³-hybridized carbons (Fsp3) is 0.222. The number of imidazole rings is 1. The Bertz CT molecular complexity index is 1540. The van der Waals surface area contributed by atoms with Crippen LogP contribution in [0.3, 0.4) is 0 Å². The lowest BCUT2D eigenvalue weighted by atomic mass is 9.95. The Morgan fingerprint density at radius 2 is 1.21 bits per heavy atom. The fourth-order valence-corrected chi connectivity index (χ4v) is 4.60. The molecule has 0 atom stereocenters. The Kier molecular flexibility index (Phi) is 5.01. The van der Waals surface area contributed by atoms with Crippen LogP contribution >= 0.6 is 0 Å². The van der Waals surface area contributed by atoms with Gasteiger partial charge in [0.25, 0.3) is 0 Å². The minimum atomic E-state index is 0.661. The molecule has 6 heteroatoms. The molecule has 6 nitrogen and oxygen atoms in total. The molecule has 0 bridgehead atoms. The van der Waals surface area contributed by atoms with E-state index in [0.29, 0.717) is 23.0 Å². The van der Waals surface area contributed by atoms with Crippen molar-refractivity contribution in [3.05, 3.63) is 53.6 Å². The second kappa shape index (κ2) is 7.89. The monoisotopic (exact) mass is 442 g/mol. The number of H-pyrrole nitrogens is 1. The van der Waals surface area contributed by atoms with E-state index in [4.69, 9.17) is 23.9 Å². The third kappa shape index (κ3) is 3.30. The summed E-state index contributed by atoms with van der Waals surface area (Å²) in [5.74, 6) is 3.46. The van der Waals surface area contributed by atoms with Gasteiger partial charge in [-0.1, -0.05) is 6.07 Å². The predicted molar refractivity (Wildman–Crippen MR) is 132 cm³/mol. The van der Waals surface area contributed by atoms with Gasteiger partial charge < -0.3 is 23.9 Å². The van der Waals surface area contributed by atoms with Crippen molar-refractivity contribution in [3.8, 4) is 34.4 Å². The van der Waals surface area contributed by atoms with Crippen molar-refractivity contribution in [2.75, 3.05) is 28.4 Å². The average Bonchev–Trinajstić information content (AvgIpc) is 3.25. The number of benzene rings is 4. The molecule has 0 aliphatic carbocycles. The van der Waals surface area contributed by atoms with Crippen LogP contribution in [0.25, 0.3) is 44.0 Å². The number of aromatic amines is 1. The van der Waals surface area contributed by atoms with Gasteiger partial charge in [0.2, 0.25) is 0 Å². The van der Waals surface area contributed by atoms with Crippen LogP contribution < -0.4 is 18.9 Å². The van der Waals surface area contributed by atoms with Crippen molar-refractivity contribution >= 4 is 32.6 Å². The van der Waals surface area contributed by atoms with Crippen LogP contribution in [0.15, 0.2) is 42.5 Å². The van der Waals surface area contributed by atoms with Crippen LogP contribution in [0, 0.1) is 13.8 Å². The van der Waals surface area contributed by atoms with Gasteiger partial charge in [0.1, 0.15) is 5.82 Å². The number of fused-ring (bicyclic) bond motifs is 4. The minimum Gasteiger partial charge on any atom is -0.493 e. The first-order valence-corrected chi connectivity index (χ1v) is 10.7. The minimum absolute atomic E-state index is 0.661. The number of nitrogens with one attached hydrogen (secondary N) is 1. The third-order valence-electron chi connectivity index (χ3n) is 6.14. The molecule has 0 saturated heterocycles. The molecule has 0 amide bonds. The molecule has 0 radical (unpaired) electrons. The summed E-state index contributed by atoms with van der Waals surface area (Å²) < 4.78 is 22.4. The highest BCUT2D eigenvalue weighted by Gasteiger charge is 2.18. The maximum absolute atomic E-state index is 5.62. The molecule has 1 aromatic heterocycles. The van der Waals surface area contributed by atoms with Crippen LogP contribution in [0.4, 0.5) is 0 Å². The van der Waals surface area contributed by atoms with Crippen LogP contribution in [0.1, 0.15) is 11.1 Å². The number of aryl methyl sites for hydroxylation is 2. The first-order valence-electron chi connectivity index (χ1n) is 10.7. The number of methoxy groups -OCH3 is 4.